The van der Waals surface area contributed by atoms with Crippen molar-refractivity contribution >= 4 is 22.6 Å². The first-order valence-electron chi connectivity index (χ1n) is 6.63. The van der Waals surface area contributed by atoms with Crippen molar-refractivity contribution < 1.29 is 9.15 Å². The van der Waals surface area contributed by atoms with Gasteiger partial charge in [0.05, 0.1) is 12.8 Å². The van der Waals surface area contributed by atoms with E-state index in [4.69, 9.17) is 9.15 Å². The van der Waals surface area contributed by atoms with Crippen LogP contribution in [0, 0.1) is 3.57 Å². The molecule has 0 aliphatic rings. The highest BCUT2D eigenvalue weighted by Crippen LogP contribution is 2.18. The van der Waals surface area contributed by atoms with Crippen molar-refractivity contribution in [2.75, 3.05) is 0 Å². The Kier molecular flexibility index (Phi) is 5.10. The van der Waals surface area contributed by atoms with Gasteiger partial charge in [0.15, 0.2) is 0 Å². The van der Waals surface area contributed by atoms with Crippen LogP contribution in [0.15, 0.2) is 41.0 Å². The molecule has 20 heavy (non-hydrogen) atoms. The Hall–Kier alpha value is -1.01. The quantitative estimate of drug-likeness (QED) is 0.778. The zero-order valence-electron chi connectivity index (χ0n) is 12.1. The number of hydrogen-bond donors (Lipinski definition) is 1. The van der Waals surface area contributed by atoms with Crippen LogP contribution >= 0.6 is 22.6 Å². The topological polar surface area (TPSA) is 34.4 Å². The van der Waals surface area contributed by atoms with Crippen LogP contribution in [0.3, 0.4) is 0 Å². The second kappa shape index (κ2) is 6.63. The van der Waals surface area contributed by atoms with E-state index in [1.165, 1.54) is 3.57 Å². The number of furan rings is 1. The standard InChI is InChI=1S/C16H20INO2/c1-16(2,3)18-10-15-12(7-8-19-15)11-20-14-6-4-5-13(17)9-14/h4-9,18H,10-11H2,1-3H3. The van der Waals surface area contributed by atoms with E-state index in [2.05, 4.69) is 48.7 Å². The van der Waals surface area contributed by atoms with Gasteiger partial charge in [-0.2, -0.15) is 0 Å². The van der Waals surface area contributed by atoms with E-state index < -0.39 is 0 Å². The fourth-order valence-electron chi connectivity index (χ4n) is 1.71. The first-order chi connectivity index (χ1) is 9.44. The molecule has 2 aromatic rings. The molecule has 2 rings (SSSR count). The largest absolute Gasteiger partial charge is 0.489 e. The first-order valence-corrected chi connectivity index (χ1v) is 7.70. The van der Waals surface area contributed by atoms with E-state index in [1.54, 1.807) is 6.26 Å². The second-order valence-electron chi connectivity index (χ2n) is 5.72. The van der Waals surface area contributed by atoms with Crippen LogP contribution in [0.5, 0.6) is 5.75 Å². The lowest BCUT2D eigenvalue weighted by molar-refractivity contribution is 0.299. The molecular weight excluding hydrogens is 365 g/mol. The van der Waals surface area contributed by atoms with E-state index in [9.17, 15) is 0 Å². The minimum absolute atomic E-state index is 0.0699. The van der Waals surface area contributed by atoms with Crippen molar-refractivity contribution in [1.29, 1.82) is 0 Å². The highest BCUT2D eigenvalue weighted by atomic mass is 127. The van der Waals surface area contributed by atoms with E-state index >= 15 is 0 Å². The molecule has 0 aliphatic heterocycles. The number of rotatable bonds is 5. The third-order valence-electron chi connectivity index (χ3n) is 2.81. The summed E-state index contributed by atoms with van der Waals surface area (Å²) in [6.07, 6.45) is 1.72. The third kappa shape index (κ3) is 4.83. The SMILES string of the molecule is CC(C)(C)NCc1occc1COc1cccc(I)c1. The summed E-state index contributed by atoms with van der Waals surface area (Å²) in [5.74, 6) is 1.82. The Morgan fingerprint density at radius 1 is 1.25 bits per heavy atom. The molecule has 0 bridgehead atoms. The lowest BCUT2D eigenvalue weighted by Gasteiger charge is -2.20. The maximum atomic E-state index is 5.81. The third-order valence-corrected chi connectivity index (χ3v) is 3.48. The van der Waals surface area contributed by atoms with Gasteiger partial charge in [-0.25, -0.2) is 0 Å². The summed E-state index contributed by atoms with van der Waals surface area (Å²) in [5, 5.41) is 3.42. The average molecular weight is 385 g/mol. The van der Waals surface area contributed by atoms with Gasteiger partial charge in [-0.1, -0.05) is 6.07 Å². The summed E-state index contributed by atoms with van der Waals surface area (Å²) < 4.78 is 12.5. The molecule has 0 spiro atoms. The van der Waals surface area contributed by atoms with Gasteiger partial charge in [-0.05, 0) is 67.6 Å². The van der Waals surface area contributed by atoms with Gasteiger partial charge in [-0.3, -0.25) is 0 Å². The second-order valence-corrected chi connectivity index (χ2v) is 6.96. The van der Waals surface area contributed by atoms with E-state index in [1.807, 2.05) is 30.3 Å². The van der Waals surface area contributed by atoms with Gasteiger partial charge in [0.25, 0.3) is 0 Å². The van der Waals surface area contributed by atoms with Crippen LogP contribution in [-0.2, 0) is 13.2 Å². The Bertz CT molecular complexity index is 558. The van der Waals surface area contributed by atoms with E-state index in [0.29, 0.717) is 13.2 Å². The summed E-state index contributed by atoms with van der Waals surface area (Å²) >= 11 is 2.28. The zero-order valence-corrected chi connectivity index (χ0v) is 14.2. The van der Waals surface area contributed by atoms with Crippen molar-refractivity contribution in [3.63, 3.8) is 0 Å². The van der Waals surface area contributed by atoms with Crippen molar-refractivity contribution in [2.45, 2.75) is 39.5 Å². The molecule has 1 aromatic heterocycles. The summed E-state index contributed by atoms with van der Waals surface area (Å²) in [6.45, 7) is 7.65. The molecule has 0 radical (unpaired) electrons. The summed E-state index contributed by atoms with van der Waals surface area (Å²) in [5.41, 5.74) is 1.15. The zero-order chi connectivity index (χ0) is 14.6. The predicted molar refractivity (Wildman–Crippen MR) is 88.8 cm³/mol. The number of hydrogen-bond acceptors (Lipinski definition) is 3. The van der Waals surface area contributed by atoms with Crippen molar-refractivity contribution in [1.82, 2.24) is 5.32 Å². The lowest BCUT2D eigenvalue weighted by Crippen LogP contribution is -2.35. The Morgan fingerprint density at radius 2 is 2.05 bits per heavy atom. The van der Waals surface area contributed by atoms with E-state index in [-0.39, 0.29) is 5.54 Å². The normalized spacial score (nSPS) is 11.6. The molecule has 0 atom stereocenters. The molecule has 0 amide bonds. The minimum atomic E-state index is 0.0699. The minimum Gasteiger partial charge on any atom is -0.489 e. The smallest absolute Gasteiger partial charge is 0.124 e. The molecule has 0 unspecified atom stereocenters. The molecule has 1 aromatic carbocycles. The van der Waals surface area contributed by atoms with Gasteiger partial charge in [0, 0.05) is 14.7 Å². The van der Waals surface area contributed by atoms with Gasteiger partial charge in [0.2, 0.25) is 0 Å². The highest BCUT2D eigenvalue weighted by Gasteiger charge is 2.12. The van der Waals surface area contributed by atoms with Crippen molar-refractivity contribution in [2.24, 2.45) is 0 Å². The van der Waals surface area contributed by atoms with Gasteiger partial charge in [-0.15, -0.1) is 0 Å². The average Bonchev–Trinajstić information content (AvgIpc) is 2.81. The molecule has 0 saturated heterocycles. The van der Waals surface area contributed by atoms with Gasteiger partial charge in [0.1, 0.15) is 18.1 Å². The number of nitrogens with one attached hydrogen (secondary N) is 1. The molecule has 1 N–H and O–H groups in total. The Labute approximate surface area is 133 Å². The van der Waals surface area contributed by atoms with Gasteiger partial charge >= 0.3 is 0 Å². The number of benzene rings is 1. The molecule has 4 heteroatoms. The molecule has 1 heterocycles. The van der Waals surface area contributed by atoms with Crippen LogP contribution in [0.25, 0.3) is 0 Å². The highest BCUT2D eigenvalue weighted by molar-refractivity contribution is 14.1. The Morgan fingerprint density at radius 3 is 2.75 bits per heavy atom. The van der Waals surface area contributed by atoms with Crippen molar-refractivity contribution in [3.8, 4) is 5.75 Å². The first kappa shape index (κ1) is 15.4. The summed E-state index contributed by atoms with van der Waals surface area (Å²) in [4.78, 5) is 0. The molecule has 3 nitrogen and oxygen atoms in total. The molecule has 0 fully saturated rings. The summed E-state index contributed by atoms with van der Waals surface area (Å²) in [6, 6.07) is 10.00. The molecule has 108 valence electrons. The lowest BCUT2D eigenvalue weighted by atomic mass is 10.1. The van der Waals surface area contributed by atoms with Crippen LogP contribution in [0.4, 0.5) is 0 Å². The predicted octanol–water partition coefficient (Wildman–Crippen LogP) is 4.35. The molecule has 0 saturated carbocycles. The van der Waals surface area contributed by atoms with Crippen LogP contribution in [0.1, 0.15) is 32.1 Å². The number of ether oxygens (including phenoxy) is 1. The van der Waals surface area contributed by atoms with Crippen molar-refractivity contribution in [3.05, 3.63) is 51.5 Å². The fraction of sp³-hybridized carbons (Fsp3) is 0.375. The summed E-state index contributed by atoms with van der Waals surface area (Å²) in [7, 11) is 0. The fourth-order valence-corrected chi connectivity index (χ4v) is 2.23. The number of halogens is 1. The van der Waals surface area contributed by atoms with Crippen LogP contribution in [0.2, 0.25) is 0 Å². The molecule has 0 aliphatic carbocycles. The monoisotopic (exact) mass is 385 g/mol. The van der Waals surface area contributed by atoms with Crippen LogP contribution in [-0.4, -0.2) is 5.54 Å². The van der Waals surface area contributed by atoms with E-state index in [0.717, 1.165) is 17.1 Å². The molecular formula is C16H20INO2. The van der Waals surface area contributed by atoms with Gasteiger partial charge < -0.3 is 14.5 Å². The maximum Gasteiger partial charge on any atom is 0.124 e. The Balaban J connectivity index is 1.95. The maximum absolute atomic E-state index is 5.81. The van der Waals surface area contributed by atoms with Crippen LogP contribution < -0.4 is 10.1 Å².